The first-order valence-corrected chi connectivity index (χ1v) is 6.26. The Morgan fingerprint density at radius 3 is 2.67 bits per heavy atom. The molecule has 15 heavy (non-hydrogen) atoms. The third-order valence-corrected chi connectivity index (χ3v) is 3.20. The predicted octanol–water partition coefficient (Wildman–Crippen LogP) is 1.48. The van der Waals surface area contributed by atoms with E-state index in [1.54, 1.807) is 30.6 Å². The van der Waals surface area contributed by atoms with Gasteiger partial charge >= 0.3 is 0 Å². The first-order chi connectivity index (χ1) is 7.07. The first kappa shape index (κ1) is 9.92. The highest BCUT2D eigenvalue weighted by Gasteiger charge is 2.08. The fourth-order valence-corrected chi connectivity index (χ4v) is 1.98. The molecule has 4 nitrogen and oxygen atoms in total. The number of rotatable bonds is 2. The highest BCUT2D eigenvalue weighted by molar-refractivity contribution is 7.90. The number of sulfone groups is 1. The predicted molar refractivity (Wildman–Crippen MR) is 57.1 cm³/mol. The fraction of sp³-hybridized carbons (Fsp3) is 0.100. The van der Waals surface area contributed by atoms with Crippen molar-refractivity contribution < 1.29 is 8.42 Å². The summed E-state index contributed by atoms with van der Waals surface area (Å²) in [6, 6.07) is 6.79. The van der Waals surface area contributed by atoms with Crippen LogP contribution in [0, 0.1) is 0 Å². The van der Waals surface area contributed by atoms with E-state index in [-0.39, 0.29) is 0 Å². The summed E-state index contributed by atoms with van der Waals surface area (Å²) >= 11 is 0. The van der Waals surface area contributed by atoms with E-state index in [1.807, 2.05) is 6.07 Å². The van der Waals surface area contributed by atoms with E-state index in [1.165, 1.54) is 6.26 Å². The van der Waals surface area contributed by atoms with Crippen molar-refractivity contribution in [2.24, 2.45) is 0 Å². The van der Waals surface area contributed by atoms with Crippen molar-refractivity contribution in [1.82, 2.24) is 10.2 Å². The van der Waals surface area contributed by atoms with Crippen molar-refractivity contribution in [1.29, 1.82) is 0 Å². The summed E-state index contributed by atoms with van der Waals surface area (Å²) in [5.41, 5.74) is 1.71. The molecule has 0 fully saturated rings. The Labute approximate surface area is 87.9 Å². The monoisotopic (exact) mass is 222 g/mol. The van der Waals surface area contributed by atoms with E-state index in [2.05, 4.69) is 10.2 Å². The summed E-state index contributed by atoms with van der Waals surface area (Å²) in [5.74, 6) is 0. The molecule has 0 spiro atoms. The number of hydrogen-bond donors (Lipinski definition) is 1. The molecule has 0 saturated heterocycles. The maximum absolute atomic E-state index is 11.3. The molecule has 1 aromatic carbocycles. The van der Waals surface area contributed by atoms with Gasteiger partial charge in [0.05, 0.1) is 11.1 Å². The van der Waals surface area contributed by atoms with E-state index in [4.69, 9.17) is 0 Å². The molecule has 5 heteroatoms. The quantitative estimate of drug-likeness (QED) is 0.837. The lowest BCUT2D eigenvalue weighted by Gasteiger charge is -2.00. The van der Waals surface area contributed by atoms with Gasteiger partial charge in [-0.05, 0) is 17.7 Å². The smallest absolute Gasteiger partial charge is 0.175 e. The number of nitrogens with zero attached hydrogens (tertiary/aromatic N) is 1. The van der Waals surface area contributed by atoms with Crippen LogP contribution in [0.15, 0.2) is 41.6 Å². The summed E-state index contributed by atoms with van der Waals surface area (Å²) < 4.78 is 22.7. The van der Waals surface area contributed by atoms with Crippen molar-refractivity contribution in [3.05, 3.63) is 36.7 Å². The normalized spacial score (nSPS) is 11.5. The van der Waals surface area contributed by atoms with Crippen LogP contribution < -0.4 is 0 Å². The minimum atomic E-state index is -3.15. The van der Waals surface area contributed by atoms with Gasteiger partial charge in [-0.25, -0.2) is 8.42 Å². The van der Waals surface area contributed by atoms with Gasteiger partial charge in [0.1, 0.15) is 0 Å². The van der Waals surface area contributed by atoms with Crippen LogP contribution in [0.2, 0.25) is 0 Å². The Hall–Kier alpha value is -1.62. The van der Waals surface area contributed by atoms with Gasteiger partial charge in [-0.3, -0.25) is 5.10 Å². The van der Waals surface area contributed by atoms with Crippen molar-refractivity contribution in [3.63, 3.8) is 0 Å². The van der Waals surface area contributed by atoms with Crippen LogP contribution in [0.4, 0.5) is 0 Å². The molecule has 2 aromatic rings. The molecule has 2 rings (SSSR count). The van der Waals surface area contributed by atoms with E-state index >= 15 is 0 Å². The van der Waals surface area contributed by atoms with E-state index in [0.29, 0.717) is 4.90 Å². The molecule has 0 saturated carbocycles. The molecular weight excluding hydrogens is 212 g/mol. The molecule has 0 aliphatic heterocycles. The van der Waals surface area contributed by atoms with Crippen molar-refractivity contribution in [2.75, 3.05) is 6.26 Å². The number of aromatic amines is 1. The van der Waals surface area contributed by atoms with Gasteiger partial charge in [0.2, 0.25) is 0 Å². The number of hydrogen-bond acceptors (Lipinski definition) is 3. The van der Waals surface area contributed by atoms with Crippen LogP contribution in [-0.4, -0.2) is 24.9 Å². The molecule has 78 valence electrons. The van der Waals surface area contributed by atoms with Crippen LogP contribution >= 0.6 is 0 Å². The molecule has 0 atom stereocenters. The molecule has 0 bridgehead atoms. The van der Waals surface area contributed by atoms with Crippen LogP contribution in [0.3, 0.4) is 0 Å². The second kappa shape index (κ2) is 3.51. The Balaban J connectivity index is 2.53. The van der Waals surface area contributed by atoms with Crippen LogP contribution in [-0.2, 0) is 9.84 Å². The molecule has 0 amide bonds. The molecule has 1 aromatic heterocycles. The molecule has 1 N–H and O–H groups in total. The van der Waals surface area contributed by atoms with Gasteiger partial charge in [-0.1, -0.05) is 12.1 Å². The Bertz CT molecular complexity index is 559. The van der Waals surface area contributed by atoms with Crippen LogP contribution in [0.5, 0.6) is 0 Å². The van der Waals surface area contributed by atoms with Crippen molar-refractivity contribution in [3.8, 4) is 11.1 Å². The zero-order valence-corrected chi connectivity index (χ0v) is 8.95. The number of H-pyrrole nitrogens is 1. The van der Waals surface area contributed by atoms with Gasteiger partial charge in [-0.15, -0.1) is 0 Å². The molecule has 1 heterocycles. The van der Waals surface area contributed by atoms with Crippen molar-refractivity contribution >= 4 is 9.84 Å². The minimum absolute atomic E-state index is 0.321. The lowest BCUT2D eigenvalue weighted by atomic mass is 10.1. The topological polar surface area (TPSA) is 62.8 Å². The summed E-state index contributed by atoms with van der Waals surface area (Å²) in [6.45, 7) is 0. The van der Waals surface area contributed by atoms with Gasteiger partial charge in [0.15, 0.2) is 9.84 Å². The van der Waals surface area contributed by atoms with Gasteiger partial charge in [0.25, 0.3) is 0 Å². The van der Waals surface area contributed by atoms with Crippen molar-refractivity contribution in [2.45, 2.75) is 4.90 Å². The van der Waals surface area contributed by atoms with E-state index in [0.717, 1.165) is 11.1 Å². The molecule has 0 aliphatic carbocycles. The second-order valence-electron chi connectivity index (χ2n) is 3.29. The molecular formula is C10H10N2O2S. The van der Waals surface area contributed by atoms with E-state index in [9.17, 15) is 8.42 Å². The number of nitrogens with one attached hydrogen (secondary N) is 1. The maximum atomic E-state index is 11.3. The second-order valence-corrected chi connectivity index (χ2v) is 5.30. The minimum Gasteiger partial charge on any atom is -0.285 e. The van der Waals surface area contributed by atoms with E-state index < -0.39 is 9.84 Å². The Kier molecular flexibility index (Phi) is 2.32. The zero-order valence-electron chi connectivity index (χ0n) is 8.14. The average molecular weight is 222 g/mol. The average Bonchev–Trinajstić information content (AvgIpc) is 2.69. The molecule has 0 unspecified atom stereocenters. The van der Waals surface area contributed by atoms with Gasteiger partial charge in [0, 0.05) is 18.0 Å². The molecule has 0 radical (unpaired) electrons. The van der Waals surface area contributed by atoms with Gasteiger partial charge < -0.3 is 0 Å². The SMILES string of the molecule is CS(=O)(=O)c1cccc(-c2cn[nH]c2)c1. The molecule has 0 aliphatic rings. The number of benzene rings is 1. The third-order valence-electron chi connectivity index (χ3n) is 2.09. The van der Waals surface area contributed by atoms with Crippen LogP contribution in [0.1, 0.15) is 0 Å². The number of aromatic nitrogens is 2. The summed E-state index contributed by atoms with van der Waals surface area (Å²) in [4.78, 5) is 0.321. The maximum Gasteiger partial charge on any atom is 0.175 e. The highest BCUT2D eigenvalue weighted by Crippen LogP contribution is 2.20. The third kappa shape index (κ3) is 2.07. The lowest BCUT2D eigenvalue weighted by molar-refractivity contribution is 0.602. The summed E-state index contributed by atoms with van der Waals surface area (Å²) in [6.07, 6.45) is 4.57. The standard InChI is InChI=1S/C10H10N2O2S/c1-15(13,14)10-4-2-3-8(5-10)9-6-11-12-7-9/h2-7H,1H3,(H,11,12). The zero-order chi connectivity index (χ0) is 10.9. The fourth-order valence-electron chi connectivity index (χ4n) is 1.32. The van der Waals surface area contributed by atoms with Crippen LogP contribution in [0.25, 0.3) is 11.1 Å². The Morgan fingerprint density at radius 1 is 1.27 bits per heavy atom. The first-order valence-electron chi connectivity index (χ1n) is 4.36. The largest absolute Gasteiger partial charge is 0.285 e. The summed E-state index contributed by atoms with van der Waals surface area (Å²) in [5, 5.41) is 6.50. The van der Waals surface area contributed by atoms with Gasteiger partial charge in [-0.2, -0.15) is 5.10 Å². The Morgan fingerprint density at radius 2 is 2.07 bits per heavy atom. The highest BCUT2D eigenvalue weighted by atomic mass is 32.2. The lowest BCUT2D eigenvalue weighted by Crippen LogP contribution is -1.96. The summed E-state index contributed by atoms with van der Waals surface area (Å²) in [7, 11) is -3.15.